The summed E-state index contributed by atoms with van der Waals surface area (Å²) in [6.45, 7) is 0. The first-order valence-electron chi connectivity index (χ1n) is 5.86. The Morgan fingerprint density at radius 3 is 2.58 bits per heavy atom. The third kappa shape index (κ3) is 3.80. The third-order valence-corrected chi connectivity index (χ3v) is 4.88. The molecule has 0 fully saturated rings. The van der Waals surface area contributed by atoms with E-state index in [-0.39, 0.29) is 11.7 Å². The summed E-state index contributed by atoms with van der Waals surface area (Å²) in [5.41, 5.74) is 2.03. The van der Waals surface area contributed by atoms with Gasteiger partial charge >= 0.3 is 0 Å². The Morgan fingerprint density at radius 1 is 1.16 bits per heavy atom. The Labute approximate surface area is 134 Å². The highest BCUT2D eigenvalue weighted by Crippen LogP contribution is 2.31. The van der Waals surface area contributed by atoms with Crippen molar-refractivity contribution in [2.24, 2.45) is 0 Å². The second-order valence-electron chi connectivity index (χ2n) is 4.31. The van der Waals surface area contributed by atoms with Crippen molar-refractivity contribution in [1.29, 1.82) is 0 Å². The second kappa shape index (κ2) is 6.87. The molecule has 0 heterocycles. The molecule has 0 radical (unpaired) electrons. The summed E-state index contributed by atoms with van der Waals surface area (Å²) in [4.78, 5) is 0. The van der Waals surface area contributed by atoms with E-state index in [9.17, 15) is 4.39 Å². The Balaban J connectivity index is 2.29. The summed E-state index contributed by atoms with van der Waals surface area (Å²) in [5, 5.41) is 1.40. The van der Waals surface area contributed by atoms with E-state index in [1.165, 1.54) is 17.7 Å². The molecule has 0 amide bonds. The molecule has 0 aliphatic carbocycles. The smallest absolute Gasteiger partial charge is 0.123 e. The van der Waals surface area contributed by atoms with Crippen LogP contribution in [0.25, 0.3) is 0 Å². The summed E-state index contributed by atoms with van der Waals surface area (Å²) in [5.74, 6) is -0.00488. The van der Waals surface area contributed by atoms with Gasteiger partial charge in [0, 0.05) is 14.8 Å². The number of hydrogen-bond acceptors (Lipinski definition) is 0. The fourth-order valence-corrected chi connectivity index (χ4v) is 3.40. The SMILES string of the molecule is Fc1ccc(Cl)c(CC(CBr)c2ccccc2Br)c1. The Morgan fingerprint density at radius 2 is 1.89 bits per heavy atom. The van der Waals surface area contributed by atoms with Gasteiger partial charge in [-0.2, -0.15) is 0 Å². The van der Waals surface area contributed by atoms with Crippen LogP contribution in [0.1, 0.15) is 17.0 Å². The van der Waals surface area contributed by atoms with Gasteiger partial charge in [-0.1, -0.05) is 61.7 Å². The van der Waals surface area contributed by atoms with Gasteiger partial charge in [0.15, 0.2) is 0 Å². The van der Waals surface area contributed by atoms with E-state index in [0.717, 1.165) is 15.4 Å². The standard InChI is InChI=1S/C15H12Br2ClF/c16-9-11(13-3-1-2-4-14(13)17)7-10-8-12(19)5-6-15(10)18/h1-6,8,11H,7,9H2. The maximum absolute atomic E-state index is 13.3. The van der Waals surface area contributed by atoms with Gasteiger partial charge in [0.05, 0.1) is 0 Å². The highest BCUT2D eigenvalue weighted by atomic mass is 79.9. The molecule has 0 aliphatic rings. The molecule has 0 spiro atoms. The summed E-state index contributed by atoms with van der Waals surface area (Å²) < 4.78 is 14.4. The summed E-state index contributed by atoms with van der Waals surface area (Å²) >= 11 is 13.2. The van der Waals surface area contributed by atoms with E-state index >= 15 is 0 Å². The van der Waals surface area contributed by atoms with E-state index in [4.69, 9.17) is 11.6 Å². The molecule has 0 aliphatic heterocycles. The fourth-order valence-electron chi connectivity index (χ4n) is 2.02. The van der Waals surface area contributed by atoms with Crippen molar-refractivity contribution in [3.63, 3.8) is 0 Å². The van der Waals surface area contributed by atoms with Crippen LogP contribution in [0.5, 0.6) is 0 Å². The molecule has 100 valence electrons. The molecule has 0 bridgehead atoms. The average Bonchev–Trinajstić information content (AvgIpc) is 2.41. The molecule has 0 saturated carbocycles. The van der Waals surface area contributed by atoms with Gasteiger partial charge in [-0.15, -0.1) is 0 Å². The Kier molecular flexibility index (Phi) is 5.43. The van der Waals surface area contributed by atoms with Crippen molar-refractivity contribution >= 4 is 43.5 Å². The number of hydrogen-bond donors (Lipinski definition) is 0. The zero-order valence-corrected chi connectivity index (χ0v) is 14.0. The van der Waals surface area contributed by atoms with Gasteiger partial charge in [0.2, 0.25) is 0 Å². The predicted octanol–water partition coefficient (Wildman–Crippen LogP) is 5.96. The van der Waals surface area contributed by atoms with Crippen LogP contribution in [-0.2, 0) is 6.42 Å². The molecule has 1 unspecified atom stereocenters. The minimum absolute atomic E-state index is 0.245. The lowest BCUT2D eigenvalue weighted by Crippen LogP contribution is -2.06. The van der Waals surface area contributed by atoms with Gasteiger partial charge in [0.1, 0.15) is 5.82 Å². The first-order valence-corrected chi connectivity index (χ1v) is 8.15. The van der Waals surface area contributed by atoms with Gasteiger partial charge in [-0.25, -0.2) is 4.39 Å². The molecule has 2 aromatic rings. The molecule has 2 rings (SSSR count). The second-order valence-corrected chi connectivity index (χ2v) is 6.22. The molecule has 4 heteroatoms. The lowest BCUT2D eigenvalue weighted by Gasteiger charge is -2.17. The predicted molar refractivity (Wildman–Crippen MR) is 85.8 cm³/mol. The van der Waals surface area contributed by atoms with Crippen LogP contribution in [0.15, 0.2) is 46.9 Å². The molecule has 2 aromatic carbocycles. The van der Waals surface area contributed by atoms with Crippen molar-refractivity contribution in [2.45, 2.75) is 12.3 Å². The monoisotopic (exact) mass is 404 g/mol. The number of halogens is 4. The van der Waals surface area contributed by atoms with Crippen molar-refractivity contribution in [3.05, 3.63) is 68.9 Å². The molecular weight excluding hydrogens is 394 g/mol. The molecule has 19 heavy (non-hydrogen) atoms. The Bertz CT molecular complexity index is 572. The van der Waals surface area contributed by atoms with Gasteiger partial charge in [-0.05, 0) is 47.7 Å². The highest BCUT2D eigenvalue weighted by Gasteiger charge is 2.15. The minimum atomic E-state index is -0.250. The number of alkyl halides is 1. The topological polar surface area (TPSA) is 0 Å². The molecular formula is C15H12Br2ClF. The van der Waals surface area contributed by atoms with E-state index in [1.807, 2.05) is 18.2 Å². The first kappa shape index (κ1) is 15.0. The summed E-state index contributed by atoms with van der Waals surface area (Å²) in [6.07, 6.45) is 0.699. The van der Waals surface area contributed by atoms with Gasteiger partial charge < -0.3 is 0 Å². The van der Waals surface area contributed by atoms with Crippen LogP contribution >= 0.6 is 43.5 Å². The Hall–Kier alpha value is -0.380. The van der Waals surface area contributed by atoms with Crippen molar-refractivity contribution in [1.82, 2.24) is 0 Å². The molecule has 0 aromatic heterocycles. The van der Waals surface area contributed by atoms with E-state index in [1.54, 1.807) is 6.07 Å². The van der Waals surface area contributed by atoms with Crippen LogP contribution < -0.4 is 0 Å². The van der Waals surface area contributed by atoms with Gasteiger partial charge in [0.25, 0.3) is 0 Å². The van der Waals surface area contributed by atoms with Crippen LogP contribution in [0.4, 0.5) is 4.39 Å². The fraction of sp³-hybridized carbons (Fsp3) is 0.200. The van der Waals surface area contributed by atoms with Crippen LogP contribution in [0.2, 0.25) is 5.02 Å². The third-order valence-electron chi connectivity index (χ3n) is 3.01. The van der Waals surface area contributed by atoms with Crippen molar-refractivity contribution in [3.8, 4) is 0 Å². The normalized spacial score (nSPS) is 12.4. The molecule has 0 saturated heterocycles. The molecule has 0 nitrogen and oxygen atoms in total. The minimum Gasteiger partial charge on any atom is -0.207 e. The lowest BCUT2D eigenvalue weighted by atomic mass is 9.93. The van der Waals surface area contributed by atoms with Crippen LogP contribution in [0.3, 0.4) is 0 Å². The van der Waals surface area contributed by atoms with Crippen molar-refractivity contribution < 1.29 is 4.39 Å². The highest BCUT2D eigenvalue weighted by molar-refractivity contribution is 9.10. The average molecular weight is 407 g/mol. The largest absolute Gasteiger partial charge is 0.207 e. The van der Waals surface area contributed by atoms with E-state index < -0.39 is 0 Å². The quantitative estimate of drug-likeness (QED) is 0.550. The maximum atomic E-state index is 13.3. The number of benzene rings is 2. The van der Waals surface area contributed by atoms with Gasteiger partial charge in [-0.3, -0.25) is 0 Å². The zero-order chi connectivity index (χ0) is 13.8. The van der Waals surface area contributed by atoms with Crippen LogP contribution in [-0.4, -0.2) is 5.33 Å². The maximum Gasteiger partial charge on any atom is 0.123 e. The molecule has 1 atom stereocenters. The van der Waals surface area contributed by atoms with E-state index in [2.05, 4.69) is 37.9 Å². The lowest BCUT2D eigenvalue weighted by molar-refractivity contribution is 0.623. The summed E-state index contributed by atoms with van der Waals surface area (Å²) in [7, 11) is 0. The van der Waals surface area contributed by atoms with Crippen LogP contribution in [0, 0.1) is 5.82 Å². The van der Waals surface area contributed by atoms with E-state index in [0.29, 0.717) is 11.4 Å². The number of rotatable bonds is 4. The molecule has 0 N–H and O–H groups in total. The first-order chi connectivity index (χ1) is 9.11. The zero-order valence-electron chi connectivity index (χ0n) is 10.0. The van der Waals surface area contributed by atoms with Crippen molar-refractivity contribution in [2.75, 3.05) is 5.33 Å². The summed E-state index contributed by atoms with van der Waals surface area (Å²) in [6, 6.07) is 12.6.